The van der Waals surface area contributed by atoms with Gasteiger partial charge in [0, 0.05) is 17.3 Å². The zero-order valence-electron chi connectivity index (χ0n) is 8.29. The van der Waals surface area contributed by atoms with Crippen molar-refractivity contribution < 1.29 is 9.31 Å². The summed E-state index contributed by atoms with van der Waals surface area (Å²) >= 11 is 0. The fourth-order valence-electron chi connectivity index (χ4n) is 1.25. The molecular weight excluding hydrogens is 199 g/mol. The maximum atomic E-state index is 13.3. The van der Waals surface area contributed by atoms with Crippen molar-refractivity contribution in [1.29, 1.82) is 5.41 Å². The summed E-state index contributed by atoms with van der Waals surface area (Å²) in [6.45, 7) is 1.89. The molecule has 0 aromatic heterocycles. The molecule has 0 aliphatic rings. The van der Waals surface area contributed by atoms with Gasteiger partial charge in [-0.1, -0.05) is 13.3 Å². The van der Waals surface area contributed by atoms with Crippen LogP contribution in [0, 0.1) is 21.3 Å². The summed E-state index contributed by atoms with van der Waals surface area (Å²) in [4.78, 5) is 9.69. The van der Waals surface area contributed by atoms with E-state index < -0.39 is 10.7 Å². The predicted molar refractivity (Wildman–Crippen MR) is 54.8 cm³/mol. The van der Waals surface area contributed by atoms with Crippen molar-refractivity contribution >= 4 is 11.4 Å². The second-order valence-electron chi connectivity index (χ2n) is 3.15. The number of hydrogen-bond acceptors (Lipinski definition) is 3. The maximum Gasteiger partial charge on any atom is 0.272 e. The number of nitro benzene ring substituents is 1. The summed E-state index contributed by atoms with van der Waals surface area (Å²) in [5.41, 5.74) is 0.0212. The van der Waals surface area contributed by atoms with Crippen molar-refractivity contribution in [1.82, 2.24) is 0 Å². The second kappa shape index (κ2) is 4.63. The van der Waals surface area contributed by atoms with Crippen LogP contribution < -0.4 is 0 Å². The monoisotopic (exact) mass is 210 g/mol. The summed E-state index contributed by atoms with van der Waals surface area (Å²) in [6.07, 6.45) is 1.21. The van der Waals surface area contributed by atoms with Gasteiger partial charge >= 0.3 is 0 Å². The van der Waals surface area contributed by atoms with Crippen LogP contribution in [0.3, 0.4) is 0 Å². The maximum absolute atomic E-state index is 13.3. The van der Waals surface area contributed by atoms with E-state index in [1.54, 1.807) is 0 Å². The van der Waals surface area contributed by atoms with E-state index in [4.69, 9.17) is 5.41 Å². The Kier molecular flexibility index (Phi) is 3.49. The van der Waals surface area contributed by atoms with Crippen LogP contribution in [0.15, 0.2) is 18.2 Å². The summed E-state index contributed by atoms with van der Waals surface area (Å²) in [5.74, 6) is -0.706. The lowest BCUT2D eigenvalue weighted by molar-refractivity contribution is -0.385. The third kappa shape index (κ3) is 2.59. The lowest BCUT2D eigenvalue weighted by Crippen LogP contribution is -2.02. The smallest absolute Gasteiger partial charge is 0.272 e. The molecule has 0 unspecified atom stereocenters. The van der Waals surface area contributed by atoms with Crippen molar-refractivity contribution in [2.75, 3.05) is 0 Å². The van der Waals surface area contributed by atoms with Gasteiger partial charge in [0.05, 0.1) is 11.0 Å². The molecule has 15 heavy (non-hydrogen) atoms. The number of nitro groups is 1. The molecule has 0 atom stereocenters. The first kappa shape index (κ1) is 11.3. The highest BCUT2D eigenvalue weighted by atomic mass is 19.1. The molecule has 0 saturated heterocycles. The number of benzene rings is 1. The first-order valence-electron chi connectivity index (χ1n) is 4.58. The number of halogens is 1. The molecule has 0 saturated carbocycles. The molecule has 1 N–H and O–H groups in total. The van der Waals surface area contributed by atoms with Crippen molar-refractivity contribution in [3.05, 3.63) is 39.7 Å². The van der Waals surface area contributed by atoms with E-state index in [2.05, 4.69) is 0 Å². The molecule has 0 aliphatic heterocycles. The topological polar surface area (TPSA) is 67.0 Å². The molecule has 4 nitrogen and oxygen atoms in total. The molecule has 5 heteroatoms. The van der Waals surface area contributed by atoms with E-state index in [0.29, 0.717) is 6.42 Å². The number of non-ortho nitro benzene ring substituents is 1. The van der Waals surface area contributed by atoms with E-state index >= 15 is 0 Å². The van der Waals surface area contributed by atoms with Gasteiger partial charge in [-0.2, -0.15) is 0 Å². The van der Waals surface area contributed by atoms with E-state index in [0.717, 1.165) is 12.5 Å². The number of hydrogen-bond donors (Lipinski definition) is 1. The largest absolute Gasteiger partial charge is 0.305 e. The highest BCUT2D eigenvalue weighted by Crippen LogP contribution is 2.18. The number of rotatable bonds is 4. The zero-order chi connectivity index (χ0) is 11.4. The van der Waals surface area contributed by atoms with Crippen molar-refractivity contribution in [3.63, 3.8) is 0 Å². The molecular formula is C10H11FN2O2. The van der Waals surface area contributed by atoms with E-state index in [1.165, 1.54) is 12.1 Å². The van der Waals surface area contributed by atoms with Gasteiger partial charge in [-0.05, 0) is 12.5 Å². The van der Waals surface area contributed by atoms with Crippen LogP contribution in [0.2, 0.25) is 0 Å². The average molecular weight is 210 g/mol. The van der Waals surface area contributed by atoms with Crippen LogP contribution in [-0.4, -0.2) is 10.6 Å². The third-order valence-electron chi connectivity index (χ3n) is 1.99. The van der Waals surface area contributed by atoms with Gasteiger partial charge in [-0.3, -0.25) is 10.1 Å². The van der Waals surface area contributed by atoms with Crippen molar-refractivity contribution in [2.24, 2.45) is 0 Å². The number of nitrogens with zero attached hydrogens (tertiary/aromatic N) is 1. The van der Waals surface area contributed by atoms with Gasteiger partial charge < -0.3 is 5.41 Å². The summed E-state index contributed by atoms with van der Waals surface area (Å²) < 4.78 is 13.3. The number of nitrogens with one attached hydrogen (secondary N) is 1. The van der Waals surface area contributed by atoms with E-state index in [9.17, 15) is 14.5 Å². The molecule has 0 heterocycles. The molecule has 1 aromatic carbocycles. The summed E-state index contributed by atoms with van der Waals surface area (Å²) in [6, 6.07) is 3.34. The Bertz CT molecular complexity index is 404. The average Bonchev–Trinajstić information content (AvgIpc) is 2.17. The normalized spacial score (nSPS) is 10.0. The molecule has 80 valence electrons. The van der Waals surface area contributed by atoms with Crippen molar-refractivity contribution in [3.8, 4) is 0 Å². The Balaban J connectivity index is 3.03. The van der Waals surface area contributed by atoms with E-state index in [1.807, 2.05) is 6.92 Å². The lowest BCUT2D eigenvalue weighted by Gasteiger charge is -2.03. The first-order valence-corrected chi connectivity index (χ1v) is 4.58. The third-order valence-corrected chi connectivity index (χ3v) is 1.99. The Morgan fingerprint density at radius 3 is 2.73 bits per heavy atom. The second-order valence-corrected chi connectivity index (χ2v) is 3.15. The Morgan fingerprint density at radius 1 is 1.60 bits per heavy atom. The molecule has 0 aliphatic carbocycles. The minimum absolute atomic E-state index is 0.141. The quantitative estimate of drug-likeness (QED) is 0.471. The first-order chi connectivity index (χ1) is 7.06. The van der Waals surface area contributed by atoms with Crippen molar-refractivity contribution in [2.45, 2.75) is 19.8 Å². The molecule has 1 aromatic rings. The highest BCUT2D eigenvalue weighted by molar-refractivity contribution is 5.98. The highest BCUT2D eigenvalue weighted by Gasteiger charge is 2.12. The van der Waals surface area contributed by atoms with Crippen LogP contribution in [0.25, 0.3) is 0 Å². The molecule has 0 bridgehead atoms. The van der Waals surface area contributed by atoms with Gasteiger partial charge in [-0.25, -0.2) is 4.39 Å². The van der Waals surface area contributed by atoms with Gasteiger partial charge in [0.25, 0.3) is 5.69 Å². The van der Waals surface area contributed by atoms with Crippen LogP contribution in [-0.2, 0) is 0 Å². The SMILES string of the molecule is CCCC(=N)c1ccc([N+](=O)[O-])cc1F. The summed E-state index contributed by atoms with van der Waals surface area (Å²) in [5, 5.41) is 17.9. The Hall–Kier alpha value is -1.78. The van der Waals surface area contributed by atoms with E-state index in [-0.39, 0.29) is 17.0 Å². The predicted octanol–water partition coefficient (Wildman–Crippen LogP) is 2.90. The molecule has 0 amide bonds. The molecule has 0 spiro atoms. The fraction of sp³-hybridized carbons (Fsp3) is 0.300. The molecule has 1 rings (SSSR count). The van der Waals surface area contributed by atoms with Crippen LogP contribution in [0.5, 0.6) is 0 Å². The summed E-state index contributed by atoms with van der Waals surface area (Å²) in [7, 11) is 0. The van der Waals surface area contributed by atoms with Gasteiger partial charge in [0.15, 0.2) is 0 Å². The van der Waals surface area contributed by atoms with Crippen LogP contribution >= 0.6 is 0 Å². The minimum atomic E-state index is -0.706. The zero-order valence-corrected chi connectivity index (χ0v) is 8.29. The van der Waals surface area contributed by atoms with Crippen LogP contribution in [0.1, 0.15) is 25.3 Å². The Morgan fingerprint density at radius 2 is 2.27 bits per heavy atom. The Labute approximate surface area is 86.4 Å². The van der Waals surface area contributed by atoms with Gasteiger partial charge in [0.2, 0.25) is 0 Å². The van der Waals surface area contributed by atoms with Gasteiger partial charge in [-0.15, -0.1) is 0 Å². The molecule has 0 fully saturated rings. The molecule has 0 radical (unpaired) electrons. The minimum Gasteiger partial charge on any atom is -0.305 e. The fourth-order valence-corrected chi connectivity index (χ4v) is 1.25. The van der Waals surface area contributed by atoms with Crippen LogP contribution in [0.4, 0.5) is 10.1 Å². The van der Waals surface area contributed by atoms with Gasteiger partial charge in [0.1, 0.15) is 5.82 Å². The standard InChI is InChI=1S/C10H11FN2O2/c1-2-3-10(12)8-5-4-7(13(14)15)6-9(8)11/h4-6,12H,2-3H2,1H3. The lowest BCUT2D eigenvalue weighted by atomic mass is 10.1.